The van der Waals surface area contributed by atoms with Crippen molar-refractivity contribution in [1.82, 2.24) is 9.13 Å². The van der Waals surface area contributed by atoms with Gasteiger partial charge in [-0.25, -0.2) is 9.79 Å². The normalized spacial score (nSPS) is 14.7. The summed E-state index contributed by atoms with van der Waals surface area (Å²) in [6.45, 7) is 7.71. The quantitative estimate of drug-likeness (QED) is 0.225. The van der Waals surface area contributed by atoms with Crippen LogP contribution in [0.2, 0.25) is 0 Å². The van der Waals surface area contributed by atoms with Crippen LogP contribution in [0.3, 0.4) is 0 Å². The number of benzene rings is 3. The fourth-order valence-electron chi connectivity index (χ4n) is 5.65. The van der Waals surface area contributed by atoms with Crippen LogP contribution in [0.1, 0.15) is 44.9 Å². The van der Waals surface area contributed by atoms with E-state index in [-0.39, 0.29) is 30.7 Å². The lowest BCUT2D eigenvalue weighted by molar-refractivity contribution is -0.139. The van der Waals surface area contributed by atoms with E-state index in [4.69, 9.17) is 14.5 Å². The van der Waals surface area contributed by atoms with Crippen LogP contribution in [0, 0.1) is 0 Å². The van der Waals surface area contributed by atoms with E-state index in [0.29, 0.717) is 26.4 Å². The SMILES string of the molecule is CCOC(=O)C1=C(C)N=c2s/c(=C\c3cn(CC(=O)Nc4ccccc4)c4ccccc34)c(=O)n2[C@@H]1c1ccc(OC(C)C)cc1. The summed E-state index contributed by atoms with van der Waals surface area (Å²) in [5.74, 6) is 0.0189. The molecule has 1 atom stereocenters. The van der Waals surface area contributed by atoms with Crippen molar-refractivity contribution in [2.24, 2.45) is 4.99 Å². The zero-order valence-electron chi connectivity index (χ0n) is 26.0. The molecule has 0 spiro atoms. The summed E-state index contributed by atoms with van der Waals surface area (Å²) in [5, 5.41) is 3.84. The predicted molar refractivity (Wildman–Crippen MR) is 180 cm³/mol. The molecule has 10 heteroatoms. The predicted octanol–water partition coefficient (Wildman–Crippen LogP) is 5.18. The third-order valence-electron chi connectivity index (χ3n) is 7.56. The summed E-state index contributed by atoms with van der Waals surface area (Å²) in [6.07, 6.45) is 3.72. The summed E-state index contributed by atoms with van der Waals surface area (Å²) in [6, 6.07) is 23.8. The Hall–Kier alpha value is -5.22. The van der Waals surface area contributed by atoms with E-state index >= 15 is 0 Å². The van der Waals surface area contributed by atoms with Crippen LogP contribution in [0.5, 0.6) is 5.75 Å². The van der Waals surface area contributed by atoms with E-state index in [9.17, 15) is 14.4 Å². The Morgan fingerprint density at radius 2 is 1.74 bits per heavy atom. The number of rotatable bonds is 9. The van der Waals surface area contributed by atoms with Crippen LogP contribution in [-0.2, 0) is 20.9 Å². The Balaban J connectivity index is 1.43. The van der Waals surface area contributed by atoms with Crippen LogP contribution < -0.4 is 24.9 Å². The summed E-state index contributed by atoms with van der Waals surface area (Å²) in [7, 11) is 0. The molecular formula is C36H34N4O5S. The molecule has 0 saturated carbocycles. The molecule has 5 aromatic rings. The van der Waals surface area contributed by atoms with Gasteiger partial charge in [-0.05, 0) is 69.7 Å². The van der Waals surface area contributed by atoms with E-state index in [0.717, 1.165) is 27.7 Å². The van der Waals surface area contributed by atoms with Crippen molar-refractivity contribution >= 4 is 45.9 Å². The first-order chi connectivity index (χ1) is 22.2. The first-order valence-corrected chi connectivity index (χ1v) is 15.9. The number of carbonyl (C=O) groups excluding carboxylic acids is 2. The molecule has 0 unspecified atom stereocenters. The zero-order valence-corrected chi connectivity index (χ0v) is 26.8. The van der Waals surface area contributed by atoms with Gasteiger partial charge >= 0.3 is 5.97 Å². The fourth-order valence-corrected chi connectivity index (χ4v) is 6.68. The van der Waals surface area contributed by atoms with Gasteiger partial charge in [-0.3, -0.25) is 14.2 Å². The molecule has 234 valence electrons. The van der Waals surface area contributed by atoms with Gasteiger partial charge in [-0.1, -0.05) is 59.9 Å². The number of allylic oxidation sites excluding steroid dienone is 1. The summed E-state index contributed by atoms with van der Waals surface area (Å²) in [5.41, 5.74) is 3.66. The molecule has 3 heterocycles. The second kappa shape index (κ2) is 13.0. The molecule has 0 aliphatic carbocycles. The second-order valence-electron chi connectivity index (χ2n) is 11.2. The standard InChI is InChI=1S/C36H34N4O5S/c1-5-44-35(43)32-23(4)37-36-40(33(32)24-15-17-27(18-16-24)45-22(2)3)34(42)30(46-36)19-25-20-39(29-14-10-9-13-28(25)29)21-31(41)38-26-11-7-6-8-12-26/h6-20,22,33H,5,21H2,1-4H3,(H,38,41)/b30-19-/t33-/m1/s1. The molecule has 2 aromatic heterocycles. The minimum absolute atomic E-state index is 0.00458. The third-order valence-corrected chi connectivity index (χ3v) is 8.55. The highest BCUT2D eigenvalue weighted by molar-refractivity contribution is 7.07. The van der Waals surface area contributed by atoms with Crippen LogP contribution in [0.25, 0.3) is 17.0 Å². The molecular weight excluding hydrogens is 600 g/mol. The number of para-hydroxylation sites is 2. The van der Waals surface area contributed by atoms with Crippen molar-refractivity contribution < 1.29 is 19.1 Å². The van der Waals surface area contributed by atoms with Gasteiger partial charge in [0.2, 0.25) is 5.91 Å². The lowest BCUT2D eigenvalue weighted by Crippen LogP contribution is -2.39. The lowest BCUT2D eigenvalue weighted by atomic mass is 9.96. The number of carbonyl (C=O) groups is 2. The molecule has 1 N–H and O–H groups in total. The molecule has 0 bridgehead atoms. The minimum Gasteiger partial charge on any atom is -0.491 e. The Kier molecular flexibility index (Phi) is 8.72. The third kappa shape index (κ3) is 6.16. The van der Waals surface area contributed by atoms with Gasteiger partial charge in [0, 0.05) is 28.4 Å². The Bertz CT molecular complexity index is 2140. The number of hydrogen-bond donors (Lipinski definition) is 1. The van der Waals surface area contributed by atoms with Crippen LogP contribution in [0.15, 0.2) is 106 Å². The fraction of sp³-hybridized carbons (Fsp3) is 0.222. The molecule has 9 nitrogen and oxygen atoms in total. The number of anilines is 1. The van der Waals surface area contributed by atoms with Gasteiger partial charge in [-0.15, -0.1) is 0 Å². The minimum atomic E-state index is -0.728. The van der Waals surface area contributed by atoms with Crippen molar-refractivity contribution in [3.05, 3.63) is 127 Å². The van der Waals surface area contributed by atoms with E-state index in [1.807, 2.05) is 110 Å². The van der Waals surface area contributed by atoms with E-state index in [1.165, 1.54) is 11.3 Å². The number of amides is 1. The van der Waals surface area contributed by atoms with Crippen molar-refractivity contribution in [3.63, 3.8) is 0 Å². The highest BCUT2D eigenvalue weighted by atomic mass is 32.1. The van der Waals surface area contributed by atoms with E-state index in [2.05, 4.69) is 5.32 Å². The van der Waals surface area contributed by atoms with Gasteiger partial charge in [0.1, 0.15) is 12.3 Å². The van der Waals surface area contributed by atoms with E-state index in [1.54, 1.807) is 18.4 Å². The highest BCUT2D eigenvalue weighted by Gasteiger charge is 2.33. The molecule has 0 fully saturated rings. The maximum Gasteiger partial charge on any atom is 0.338 e. The molecule has 3 aromatic carbocycles. The van der Waals surface area contributed by atoms with Crippen molar-refractivity contribution in [1.29, 1.82) is 0 Å². The number of nitrogens with zero attached hydrogens (tertiary/aromatic N) is 3. The molecule has 0 radical (unpaired) electrons. The number of aromatic nitrogens is 2. The van der Waals surface area contributed by atoms with Crippen LogP contribution in [0.4, 0.5) is 5.69 Å². The maximum absolute atomic E-state index is 14.2. The first kappa shape index (κ1) is 30.8. The molecule has 0 saturated heterocycles. The molecule has 1 aliphatic rings. The van der Waals surface area contributed by atoms with Gasteiger partial charge < -0.3 is 19.4 Å². The summed E-state index contributed by atoms with van der Waals surface area (Å²) in [4.78, 5) is 45.5. The zero-order chi connectivity index (χ0) is 32.4. The average Bonchev–Trinajstić information content (AvgIpc) is 3.53. The Morgan fingerprint density at radius 1 is 1.02 bits per heavy atom. The van der Waals surface area contributed by atoms with Crippen LogP contribution >= 0.6 is 11.3 Å². The first-order valence-electron chi connectivity index (χ1n) is 15.1. The number of nitrogens with one attached hydrogen (secondary N) is 1. The Labute approximate surface area is 269 Å². The maximum atomic E-state index is 14.2. The Morgan fingerprint density at radius 3 is 2.46 bits per heavy atom. The average molecular weight is 635 g/mol. The number of esters is 1. The van der Waals surface area contributed by atoms with Crippen molar-refractivity contribution in [2.45, 2.75) is 46.4 Å². The molecule has 1 aliphatic heterocycles. The molecule has 1 amide bonds. The van der Waals surface area contributed by atoms with Gasteiger partial charge in [0.25, 0.3) is 5.56 Å². The number of ether oxygens (including phenoxy) is 2. The van der Waals surface area contributed by atoms with E-state index < -0.39 is 12.0 Å². The lowest BCUT2D eigenvalue weighted by Gasteiger charge is -2.25. The number of thiazole rings is 1. The van der Waals surface area contributed by atoms with Gasteiger partial charge in [-0.2, -0.15) is 0 Å². The van der Waals surface area contributed by atoms with Gasteiger partial charge in [0.15, 0.2) is 4.80 Å². The van der Waals surface area contributed by atoms with Crippen molar-refractivity contribution in [2.75, 3.05) is 11.9 Å². The highest BCUT2D eigenvalue weighted by Crippen LogP contribution is 2.32. The summed E-state index contributed by atoms with van der Waals surface area (Å²) < 4.78 is 15.1. The van der Waals surface area contributed by atoms with Crippen molar-refractivity contribution in [3.8, 4) is 5.75 Å². The second-order valence-corrected chi connectivity index (χ2v) is 12.2. The topological polar surface area (TPSA) is 104 Å². The largest absolute Gasteiger partial charge is 0.491 e. The number of fused-ring (bicyclic) bond motifs is 2. The summed E-state index contributed by atoms with van der Waals surface area (Å²) >= 11 is 1.26. The monoisotopic (exact) mass is 634 g/mol. The molecule has 6 rings (SSSR count). The van der Waals surface area contributed by atoms with Crippen LogP contribution in [-0.4, -0.2) is 33.7 Å². The molecule has 46 heavy (non-hydrogen) atoms. The van der Waals surface area contributed by atoms with Gasteiger partial charge in [0.05, 0.1) is 34.6 Å². The number of hydrogen-bond acceptors (Lipinski definition) is 7. The smallest absolute Gasteiger partial charge is 0.338 e.